The molecule has 0 aliphatic heterocycles. The second kappa shape index (κ2) is 9.54. The molecule has 0 aliphatic rings. The van der Waals surface area contributed by atoms with Crippen LogP contribution in [0.25, 0.3) is 0 Å². The van der Waals surface area contributed by atoms with Crippen LogP contribution in [0, 0.1) is 5.92 Å². The maximum atomic E-state index is 12.2. The summed E-state index contributed by atoms with van der Waals surface area (Å²) < 4.78 is 5.10. The van der Waals surface area contributed by atoms with Gasteiger partial charge in [-0.1, -0.05) is 44.2 Å². The first kappa shape index (κ1) is 19.5. The van der Waals surface area contributed by atoms with Gasteiger partial charge in [-0.25, -0.2) is 4.79 Å². The molecular weight excluding hydrogens is 312 g/mol. The van der Waals surface area contributed by atoms with Gasteiger partial charge in [0.2, 0.25) is 5.91 Å². The van der Waals surface area contributed by atoms with Crippen molar-refractivity contribution in [3.05, 3.63) is 35.9 Å². The van der Waals surface area contributed by atoms with Crippen molar-refractivity contribution in [2.24, 2.45) is 5.92 Å². The number of hydrogen-bond acceptors (Lipinski definition) is 4. The third kappa shape index (κ3) is 7.13. The van der Waals surface area contributed by atoms with Crippen LogP contribution in [0.1, 0.15) is 32.8 Å². The normalized spacial score (nSPS) is 13.0. The number of carboxylic acids is 1. The van der Waals surface area contributed by atoms with E-state index in [2.05, 4.69) is 10.6 Å². The Balaban J connectivity index is 2.59. The fourth-order valence-electron chi connectivity index (χ4n) is 1.99. The standard InChI is InChI=1S/C17H24N2O5/c1-11(2)9-14(15(20)18-12(3)16(21)22)19-17(23)24-10-13-7-5-4-6-8-13/h4-8,11-12,14H,9-10H2,1-3H3,(H,18,20)(H,19,23)(H,21,22)/t12-,14-/m1/s1. The van der Waals surface area contributed by atoms with E-state index in [9.17, 15) is 14.4 Å². The van der Waals surface area contributed by atoms with Crippen molar-refractivity contribution in [2.45, 2.75) is 45.9 Å². The maximum Gasteiger partial charge on any atom is 0.408 e. The van der Waals surface area contributed by atoms with Gasteiger partial charge in [0.05, 0.1) is 0 Å². The van der Waals surface area contributed by atoms with Crippen LogP contribution in [0.2, 0.25) is 0 Å². The summed E-state index contributed by atoms with van der Waals surface area (Å²) >= 11 is 0. The molecule has 2 amide bonds. The monoisotopic (exact) mass is 336 g/mol. The summed E-state index contributed by atoms with van der Waals surface area (Å²) in [6, 6.07) is 7.28. The zero-order valence-electron chi connectivity index (χ0n) is 14.1. The lowest BCUT2D eigenvalue weighted by atomic mass is 10.0. The molecule has 0 spiro atoms. The van der Waals surface area contributed by atoms with Gasteiger partial charge in [-0.2, -0.15) is 0 Å². The lowest BCUT2D eigenvalue weighted by Gasteiger charge is -2.21. The van der Waals surface area contributed by atoms with E-state index >= 15 is 0 Å². The van der Waals surface area contributed by atoms with Gasteiger partial charge in [0.1, 0.15) is 18.7 Å². The lowest BCUT2D eigenvalue weighted by Crippen LogP contribution is -2.51. The lowest BCUT2D eigenvalue weighted by molar-refractivity contribution is -0.141. The molecule has 7 heteroatoms. The van der Waals surface area contributed by atoms with Crippen LogP contribution in [0.5, 0.6) is 0 Å². The predicted molar refractivity (Wildman–Crippen MR) is 88.2 cm³/mol. The van der Waals surface area contributed by atoms with Crippen molar-refractivity contribution in [2.75, 3.05) is 0 Å². The van der Waals surface area contributed by atoms with Crippen molar-refractivity contribution in [1.82, 2.24) is 10.6 Å². The second-order valence-electron chi connectivity index (χ2n) is 5.96. The maximum absolute atomic E-state index is 12.2. The molecule has 132 valence electrons. The topological polar surface area (TPSA) is 105 Å². The molecule has 0 fully saturated rings. The van der Waals surface area contributed by atoms with Crippen LogP contribution >= 0.6 is 0 Å². The molecule has 7 nitrogen and oxygen atoms in total. The van der Waals surface area contributed by atoms with Crippen LogP contribution in [-0.4, -0.2) is 35.2 Å². The molecule has 2 atom stereocenters. The fourth-order valence-corrected chi connectivity index (χ4v) is 1.99. The van der Waals surface area contributed by atoms with Gasteiger partial charge in [-0.3, -0.25) is 9.59 Å². The zero-order chi connectivity index (χ0) is 18.1. The van der Waals surface area contributed by atoms with Crippen LogP contribution in [0.15, 0.2) is 30.3 Å². The van der Waals surface area contributed by atoms with Crippen molar-refractivity contribution in [3.8, 4) is 0 Å². The first-order valence-corrected chi connectivity index (χ1v) is 7.80. The Morgan fingerprint density at radius 1 is 1.08 bits per heavy atom. The molecule has 0 saturated heterocycles. The minimum Gasteiger partial charge on any atom is -0.480 e. The van der Waals surface area contributed by atoms with Gasteiger partial charge in [0.15, 0.2) is 0 Å². The Morgan fingerprint density at radius 3 is 2.25 bits per heavy atom. The number of benzene rings is 1. The minimum absolute atomic E-state index is 0.0915. The second-order valence-corrected chi connectivity index (χ2v) is 5.96. The summed E-state index contributed by atoms with van der Waals surface area (Å²) in [5.74, 6) is -1.55. The number of carbonyl (C=O) groups is 3. The minimum atomic E-state index is -1.14. The van der Waals surface area contributed by atoms with E-state index in [1.54, 1.807) is 0 Å². The Kier molecular flexibility index (Phi) is 7.74. The molecule has 0 aromatic heterocycles. The Morgan fingerprint density at radius 2 is 1.71 bits per heavy atom. The molecule has 0 radical (unpaired) electrons. The van der Waals surface area contributed by atoms with Crippen LogP contribution in [0.3, 0.4) is 0 Å². The molecule has 0 bridgehead atoms. The van der Waals surface area contributed by atoms with E-state index in [0.717, 1.165) is 5.56 Å². The van der Waals surface area contributed by atoms with Gasteiger partial charge in [-0.15, -0.1) is 0 Å². The average Bonchev–Trinajstić information content (AvgIpc) is 2.52. The third-order valence-electron chi connectivity index (χ3n) is 3.26. The van der Waals surface area contributed by atoms with Crippen LogP contribution < -0.4 is 10.6 Å². The Hall–Kier alpha value is -2.57. The molecule has 0 aliphatic carbocycles. The van der Waals surface area contributed by atoms with Crippen molar-refractivity contribution in [3.63, 3.8) is 0 Å². The molecule has 0 unspecified atom stereocenters. The largest absolute Gasteiger partial charge is 0.480 e. The molecule has 0 heterocycles. The number of amides is 2. The third-order valence-corrected chi connectivity index (χ3v) is 3.26. The van der Waals surface area contributed by atoms with E-state index in [0.29, 0.717) is 6.42 Å². The zero-order valence-corrected chi connectivity index (χ0v) is 14.1. The van der Waals surface area contributed by atoms with E-state index < -0.39 is 30.1 Å². The van der Waals surface area contributed by atoms with E-state index in [1.165, 1.54) is 6.92 Å². The van der Waals surface area contributed by atoms with Gasteiger partial charge in [0.25, 0.3) is 0 Å². The number of nitrogens with one attached hydrogen (secondary N) is 2. The van der Waals surface area contributed by atoms with Crippen LogP contribution in [-0.2, 0) is 20.9 Å². The molecule has 0 saturated carbocycles. The van der Waals surface area contributed by atoms with Crippen LogP contribution in [0.4, 0.5) is 4.79 Å². The van der Waals surface area contributed by atoms with Gasteiger partial charge in [0, 0.05) is 0 Å². The highest BCUT2D eigenvalue weighted by Gasteiger charge is 2.25. The number of rotatable bonds is 8. The first-order chi connectivity index (χ1) is 11.3. The fraction of sp³-hybridized carbons (Fsp3) is 0.471. The highest BCUT2D eigenvalue weighted by molar-refractivity contribution is 5.89. The Bertz CT molecular complexity index is 559. The van der Waals surface area contributed by atoms with Crippen molar-refractivity contribution in [1.29, 1.82) is 0 Å². The first-order valence-electron chi connectivity index (χ1n) is 7.80. The van der Waals surface area contributed by atoms with Gasteiger partial charge < -0.3 is 20.5 Å². The number of carbonyl (C=O) groups excluding carboxylic acids is 2. The average molecular weight is 336 g/mol. The molecule has 1 aromatic carbocycles. The van der Waals surface area contributed by atoms with E-state index in [1.807, 2.05) is 44.2 Å². The molecule has 1 aromatic rings. The Labute approximate surface area is 141 Å². The molecule has 3 N–H and O–H groups in total. The highest BCUT2D eigenvalue weighted by Crippen LogP contribution is 2.07. The summed E-state index contributed by atoms with van der Waals surface area (Å²) in [4.78, 5) is 34.9. The van der Waals surface area contributed by atoms with Gasteiger partial charge in [-0.05, 0) is 24.8 Å². The number of aliphatic carboxylic acids is 1. The summed E-state index contributed by atoms with van der Waals surface area (Å²) in [5, 5.41) is 13.7. The quantitative estimate of drug-likeness (QED) is 0.673. The SMILES string of the molecule is CC(C)C[C@@H](NC(=O)OCc1ccccc1)C(=O)N[C@H](C)C(=O)O. The van der Waals surface area contributed by atoms with Crippen molar-refractivity contribution < 1.29 is 24.2 Å². The number of ether oxygens (including phenoxy) is 1. The predicted octanol–water partition coefficient (Wildman–Crippen LogP) is 1.92. The summed E-state index contributed by atoms with van der Waals surface area (Å²) in [7, 11) is 0. The number of alkyl carbamates (subject to hydrolysis) is 1. The number of carboxylic acid groups (broad SMARTS) is 1. The summed E-state index contributed by atoms with van der Waals surface area (Å²) in [6.07, 6.45) is -0.346. The van der Waals surface area contributed by atoms with E-state index in [4.69, 9.17) is 9.84 Å². The summed E-state index contributed by atoms with van der Waals surface area (Å²) in [5.41, 5.74) is 0.831. The highest BCUT2D eigenvalue weighted by atomic mass is 16.5. The van der Waals surface area contributed by atoms with Gasteiger partial charge >= 0.3 is 12.1 Å². The summed E-state index contributed by atoms with van der Waals surface area (Å²) in [6.45, 7) is 5.25. The molecule has 24 heavy (non-hydrogen) atoms. The smallest absolute Gasteiger partial charge is 0.408 e. The van der Waals surface area contributed by atoms with Crippen molar-refractivity contribution >= 4 is 18.0 Å². The number of hydrogen-bond donors (Lipinski definition) is 3. The molecule has 1 rings (SSSR count). The molecular formula is C17H24N2O5. The van der Waals surface area contributed by atoms with E-state index in [-0.39, 0.29) is 12.5 Å².